The van der Waals surface area contributed by atoms with Crippen molar-refractivity contribution in [1.29, 1.82) is 0 Å². The molecule has 0 radical (unpaired) electrons. The zero-order valence-corrected chi connectivity index (χ0v) is 41.7. The van der Waals surface area contributed by atoms with Gasteiger partial charge < -0.3 is 39.2 Å². The predicted octanol–water partition coefficient (Wildman–Crippen LogP) is 6.15. The fourth-order valence-corrected chi connectivity index (χ4v) is 9.82. The van der Waals surface area contributed by atoms with Crippen LogP contribution in [0.4, 0.5) is 27.6 Å². The van der Waals surface area contributed by atoms with Crippen molar-refractivity contribution in [2.24, 2.45) is 0 Å². The van der Waals surface area contributed by atoms with Crippen LogP contribution < -0.4 is 16.0 Å². The van der Waals surface area contributed by atoms with Crippen molar-refractivity contribution in [3.63, 3.8) is 0 Å². The van der Waals surface area contributed by atoms with Gasteiger partial charge in [0.2, 0.25) is 23.6 Å². The Kier molecular flexibility index (Phi) is 15.2. The molecule has 0 spiro atoms. The van der Waals surface area contributed by atoms with Crippen LogP contribution in [0, 0.1) is 18.6 Å². The summed E-state index contributed by atoms with van der Waals surface area (Å²) in [6.45, 7) is -0.0811. The van der Waals surface area contributed by atoms with Crippen LogP contribution in [0.3, 0.4) is 0 Å². The molecule has 4 aromatic carbocycles. The summed E-state index contributed by atoms with van der Waals surface area (Å²) in [6.07, 6.45) is -9.36. The van der Waals surface area contributed by atoms with Crippen molar-refractivity contribution < 1.29 is 69.6 Å². The van der Waals surface area contributed by atoms with Gasteiger partial charge in [-0.05, 0) is 67.4 Å². The molecule has 77 heavy (non-hydrogen) atoms. The van der Waals surface area contributed by atoms with Crippen molar-refractivity contribution in [3.05, 3.63) is 141 Å². The Morgan fingerprint density at radius 3 is 2.48 bits per heavy atom. The molecule has 6 aromatic rings. The predicted molar refractivity (Wildman–Crippen MR) is 258 cm³/mol. The number of anilines is 1. The first-order valence-electron chi connectivity index (χ1n) is 23.8. The summed E-state index contributed by atoms with van der Waals surface area (Å²) in [5.41, 5.74) is 0.171. The minimum Gasteiger partial charge on any atom is -0.370 e. The molecule has 2 aromatic heterocycles. The van der Waals surface area contributed by atoms with Gasteiger partial charge in [0.1, 0.15) is 77.9 Å². The number of imide groups is 1. The van der Waals surface area contributed by atoms with Gasteiger partial charge in [0, 0.05) is 46.9 Å². The van der Waals surface area contributed by atoms with E-state index in [9.17, 15) is 45.9 Å². The average molecular weight is 1110 g/mol. The number of nitrogens with zero attached hydrogens (tertiary/aromatic N) is 7. The highest BCUT2D eigenvalue weighted by Crippen LogP contribution is 2.46. The second-order valence-corrected chi connectivity index (χ2v) is 19.0. The largest absolute Gasteiger partial charge is 0.418 e. The molecular weight excluding hydrogens is 1070 g/mol. The Morgan fingerprint density at radius 2 is 1.73 bits per heavy atom. The van der Waals surface area contributed by atoms with Crippen LogP contribution in [-0.4, -0.2) is 122 Å². The third-order valence-corrected chi connectivity index (χ3v) is 13.6. The van der Waals surface area contributed by atoms with Gasteiger partial charge in [-0.3, -0.25) is 29.3 Å². The molecule has 20 nitrogen and oxygen atoms in total. The molecule has 4 aliphatic heterocycles. The third kappa shape index (κ3) is 11.3. The van der Waals surface area contributed by atoms with E-state index in [1.54, 1.807) is 36.4 Å². The summed E-state index contributed by atoms with van der Waals surface area (Å²) in [4.78, 5) is 69.7. The van der Waals surface area contributed by atoms with Crippen molar-refractivity contribution >= 4 is 58.4 Å². The third-order valence-electron chi connectivity index (χ3n) is 13.0. The average Bonchev–Trinajstić information content (AvgIpc) is 4.23. The second kappa shape index (κ2) is 22.0. The number of halogens is 7. The Bertz CT molecular complexity index is 3250. The zero-order chi connectivity index (χ0) is 54.3. The number of rotatable bonds is 15. The van der Waals surface area contributed by atoms with Gasteiger partial charge in [0.15, 0.2) is 12.1 Å². The van der Waals surface area contributed by atoms with Crippen molar-refractivity contribution in [1.82, 2.24) is 45.3 Å². The number of alkyl halides is 3. The molecule has 10 rings (SSSR count). The highest BCUT2D eigenvalue weighted by Gasteiger charge is 2.54. The number of aromatic nitrogens is 6. The highest BCUT2D eigenvalue weighted by molar-refractivity contribution is 6.31. The van der Waals surface area contributed by atoms with Crippen LogP contribution >= 0.6 is 23.2 Å². The molecule has 0 bridgehead atoms. The van der Waals surface area contributed by atoms with E-state index in [2.05, 4.69) is 36.3 Å². The van der Waals surface area contributed by atoms with Crippen LogP contribution in [0.2, 0.25) is 10.0 Å². The molecule has 3 fully saturated rings. The number of nitrogens with one attached hydrogen (secondary N) is 3. The monoisotopic (exact) mass is 1110 g/mol. The van der Waals surface area contributed by atoms with Gasteiger partial charge in [0.05, 0.1) is 30.7 Å². The number of amides is 5. The summed E-state index contributed by atoms with van der Waals surface area (Å²) in [6, 6.07) is 16.3. The Morgan fingerprint density at radius 1 is 0.948 bits per heavy atom. The summed E-state index contributed by atoms with van der Waals surface area (Å²) >= 11 is 12.1. The van der Waals surface area contributed by atoms with Crippen molar-refractivity contribution in [3.8, 4) is 16.9 Å². The maximum Gasteiger partial charge on any atom is 0.418 e. The van der Waals surface area contributed by atoms with Gasteiger partial charge in [-0.1, -0.05) is 58.7 Å². The van der Waals surface area contributed by atoms with Crippen LogP contribution in [0.5, 0.6) is 0 Å². The van der Waals surface area contributed by atoms with Crippen LogP contribution in [0.15, 0.2) is 85.1 Å². The Balaban J connectivity index is 0.877. The number of carbonyl (C=O) groups excluding carboxylic acids is 5. The normalized spacial score (nSPS) is 22.4. The molecule has 7 atom stereocenters. The number of carbonyl (C=O) groups is 5. The zero-order valence-electron chi connectivity index (χ0n) is 40.1. The molecule has 27 heteroatoms. The molecular formula is C50H43Cl2F5N10O10. The highest BCUT2D eigenvalue weighted by atomic mass is 35.5. The fourth-order valence-electron chi connectivity index (χ4n) is 9.55. The first-order chi connectivity index (χ1) is 36.9. The van der Waals surface area contributed by atoms with Gasteiger partial charge in [0.25, 0.3) is 5.91 Å². The van der Waals surface area contributed by atoms with Crippen LogP contribution in [0.25, 0.3) is 16.9 Å². The maximum atomic E-state index is 14.8. The first-order valence-corrected chi connectivity index (χ1v) is 24.5. The lowest BCUT2D eigenvalue weighted by atomic mass is 9.90. The molecule has 2 unspecified atom stereocenters. The maximum absolute atomic E-state index is 14.8. The number of benzene rings is 4. The molecule has 0 saturated carbocycles. The molecule has 402 valence electrons. The molecule has 6 heterocycles. The van der Waals surface area contributed by atoms with E-state index in [4.69, 9.17) is 46.9 Å². The number of hydrogen-bond donors (Lipinski definition) is 3. The van der Waals surface area contributed by atoms with Gasteiger partial charge in [-0.2, -0.15) is 18.3 Å². The number of aryl methyl sites for hydroxylation is 1. The summed E-state index contributed by atoms with van der Waals surface area (Å²) in [7, 11) is 0. The van der Waals surface area contributed by atoms with E-state index in [1.807, 2.05) is 0 Å². The lowest BCUT2D eigenvalue weighted by Gasteiger charge is -2.49. The summed E-state index contributed by atoms with van der Waals surface area (Å²) in [5.74, 6) is -4.97. The first kappa shape index (κ1) is 53.2. The molecule has 5 amide bonds. The number of hydrogen-bond acceptors (Lipinski definition) is 14. The van der Waals surface area contributed by atoms with Gasteiger partial charge in [-0.15, -0.1) is 5.10 Å². The molecule has 3 saturated heterocycles. The molecule has 3 N–H and O–H groups in total. The quantitative estimate of drug-likeness (QED) is 0.0453. The summed E-state index contributed by atoms with van der Waals surface area (Å²) < 4.78 is 107. The number of fused-ring (bicyclic) bond motifs is 2. The minimum atomic E-state index is -4.90. The van der Waals surface area contributed by atoms with E-state index < -0.39 is 114 Å². The number of piperidine rings is 1. The number of ether oxygens (including phenoxy) is 5. The van der Waals surface area contributed by atoms with E-state index in [0.29, 0.717) is 22.4 Å². The second-order valence-electron chi connectivity index (χ2n) is 18.2. The van der Waals surface area contributed by atoms with E-state index in [-0.39, 0.29) is 73.0 Å². The lowest BCUT2D eigenvalue weighted by Crippen LogP contribution is -2.58. The van der Waals surface area contributed by atoms with E-state index in [0.717, 1.165) is 35.0 Å². The van der Waals surface area contributed by atoms with Gasteiger partial charge >= 0.3 is 6.18 Å². The van der Waals surface area contributed by atoms with Gasteiger partial charge in [-0.25, -0.2) is 23.1 Å². The fraction of sp³-hybridized carbons (Fsp3) is 0.340. The minimum absolute atomic E-state index is 0.0119. The van der Waals surface area contributed by atoms with Crippen LogP contribution in [0.1, 0.15) is 70.0 Å². The SMILES string of the molecule is Cc1nc([C@@H]2O[C@@H]3COC(c4ccccc4)O[C@@H]3[C@H](n3cc(-c4cc(F)c(Cl)c(F)c4)nn3)[C@H]2OCC(=O)NCCOCC(=O)Nc2ccc3c(c2)CN(C2CCC(=O)NC2=O)C3=O)n(-c2cc(Cl)ccc2C(F)(F)F)n1. The Labute approximate surface area is 443 Å². The topological polar surface area (TPSA) is 232 Å². The molecule has 0 aliphatic carbocycles. The lowest BCUT2D eigenvalue weighted by molar-refractivity contribution is -0.322. The Hall–Kier alpha value is -7.26. The standard InChI is InChI=1S/C50H43Cl2F5N10O10/c1-24-59-46(67(63-24)36-18-28(51)7-10-31(36)50(55,56)57)45-44(42(43-37(76-45)21-75-49(77-43)25-5-3-2-4-6-25)66-20-34(62-64-66)26-16-32(53)41(52)33(54)17-26)74-23-39(69)58-13-14-73-22-40(70)60-29-8-9-30-27(15-29)19-65(48(30)72)35-11-12-38(68)61-47(35)71/h2-10,15-18,20,35,37,42-45,49H,11-14,19,21-23H2,1H3,(H,58,69)(H,60,70)(H,61,68,71)/t35?,37-,42+,43+,44-,45-,49?/m1/s1. The smallest absolute Gasteiger partial charge is 0.370 e. The molecule has 4 aliphatic rings. The van der Waals surface area contributed by atoms with Crippen LogP contribution in [-0.2, 0) is 55.6 Å². The summed E-state index contributed by atoms with van der Waals surface area (Å²) in [5, 5.41) is 19.6. The van der Waals surface area contributed by atoms with Crippen molar-refractivity contribution in [2.75, 3.05) is 38.3 Å². The van der Waals surface area contributed by atoms with E-state index >= 15 is 0 Å². The van der Waals surface area contributed by atoms with Crippen molar-refractivity contribution in [2.45, 2.75) is 75.3 Å². The van der Waals surface area contributed by atoms with E-state index in [1.165, 1.54) is 34.8 Å².